The number of allylic oxidation sites excluding steroid dienone is 1. The van der Waals surface area contributed by atoms with Gasteiger partial charge < -0.3 is 9.84 Å². The van der Waals surface area contributed by atoms with E-state index in [0.717, 1.165) is 19.3 Å². The third-order valence-corrected chi connectivity index (χ3v) is 5.52. The van der Waals surface area contributed by atoms with Crippen LogP contribution >= 0.6 is 0 Å². The Morgan fingerprint density at radius 2 is 2.06 bits per heavy atom. The van der Waals surface area contributed by atoms with Gasteiger partial charge in [0.25, 0.3) is 0 Å². The molecule has 3 rings (SSSR count). The van der Waals surface area contributed by atoms with Crippen LogP contribution in [0.5, 0.6) is 0 Å². The first-order valence-corrected chi connectivity index (χ1v) is 7.01. The fourth-order valence-electron chi connectivity index (χ4n) is 4.21. The fraction of sp³-hybridized carbons (Fsp3) is 0.800. The minimum atomic E-state index is -0.968. The molecular weight excluding hydrogens is 228 g/mol. The van der Waals surface area contributed by atoms with Gasteiger partial charge in [0.1, 0.15) is 5.60 Å². The lowest BCUT2D eigenvalue weighted by Crippen LogP contribution is -2.52. The molecule has 3 aliphatic rings. The minimum absolute atomic E-state index is 0.129. The molecular formula is C15H22O3. The Bertz CT molecular complexity index is 439. The van der Waals surface area contributed by atoms with Crippen LogP contribution in [0, 0.1) is 11.3 Å². The number of rotatable bonds is 0. The van der Waals surface area contributed by atoms with Gasteiger partial charge in [0, 0.05) is 0 Å². The zero-order valence-corrected chi connectivity index (χ0v) is 11.5. The van der Waals surface area contributed by atoms with E-state index in [1.165, 1.54) is 17.6 Å². The highest BCUT2D eigenvalue weighted by Crippen LogP contribution is 2.56. The van der Waals surface area contributed by atoms with E-state index in [-0.39, 0.29) is 17.5 Å². The van der Waals surface area contributed by atoms with Gasteiger partial charge in [-0.2, -0.15) is 0 Å². The van der Waals surface area contributed by atoms with Gasteiger partial charge in [-0.15, -0.1) is 0 Å². The molecule has 2 fully saturated rings. The molecule has 3 nitrogen and oxygen atoms in total. The van der Waals surface area contributed by atoms with Crippen molar-refractivity contribution in [2.45, 2.75) is 64.6 Å². The van der Waals surface area contributed by atoms with Gasteiger partial charge >= 0.3 is 5.97 Å². The van der Waals surface area contributed by atoms with Crippen molar-refractivity contribution in [2.75, 3.05) is 0 Å². The van der Waals surface area contributed by atoms with Gasteiger partial charge in [-0.3, -0.25) is 4.79 Å². The summed E-state index contributed by atoms with van der Waals surface area (Å²) in [6.45, 7) is 6.19. The molecule has 1 aliphatic heterocycles. The van der Waals surface area contributed by atoms with E-state index in [9.17, 15) is 9.90 Å². The maximum Gasteiger partial charge on any atom is 0.312 e. The molecule has 100 valence electrons. The molecule has 1 saturated carbocycles. The highest BCUT2D eigenvalue weighted by Gasteiger charge is 2.61. The second-order valence-electron chi connectivity index (χ2n) is 6.64. The standard InChI is InChI=1S/C15H22O3/c1-9-5-4-6-14(3)7-8-15(17)10(2)13(16)18-12(15)11(9)14/h10,12,17H,4-8H2,1-3H3/t10-,12-,14+,15-/m0/s1. The first kappa shape index (κ1) is 12.2. The van der Waals surface area contributed by atoms with E-state index >= 15 is 0 Å². The van der Waals surface area contributed by atoms with Crippen LogP contribution in [-0.4, -0.2) is 22.8 Å². The van der Waals surface area contributed by atoms with Gasteiger partial charge in [0.05, 0.1) is 5.92 Å². The Morgan fingerprint density at radius 1 is 1.33 bits per heavy atom. The van der Waals surface area contributed by atoms with Gasteiger partial charge in [-0.1, -0.05) is 12.5 Å². The van der Waals surface area contributed by atoms with Crippen LogP contribution < -0.4 is 0 Å². The molecule has 0 amide bonds. The summed E-state index contributed by atoms with van der Waals surface area (Å²) in [4.78, 5) is 11.8. The summed E-state index contributed by atoms with van der Waals surface area (Å²) in [5.41, 5.74) is 1.71. The van der Waals surface area contributed by atoms with Gasteiger partial charge in [-0.05, 0) is 56.9 Å². The third-order valence-electron chi connectivity index (χ3n) is 5.52. The van der Waals surface area contributed by atoms with Crippen LogP contribution in [0.4, 0.5) is 0 Å². The van der Waals surface area contributed by atoms with Crippen molar-refractivity contribution < 1.29 is 14.6 Å². The minimum Gasteiger partial charge on any atom is -0.454 e. The predicted molar refractivity (Wildman–Crippen MR) is 67.9 cm³/mol. The van der Waals surface area contributed by atoms with Crippen molar-refractivity contribution in [3.05, 3.63) is 11.1 Å². The molecule has 0 unspecified atom stereocenters. The molecule has 4 atom stereocenters. The SMILES string of the molecule is CC1=C2[C@@H]3OC(=O)[C@H](C)[C@@]3(O)CC[C@@]2(C)CCC1. The zero-order chi connectivity index (χ0) is 13.1. The average molecular weight is 250 g/mol. The van der Waals surface area contributed by atoms with Crippen LogP contribution in [-0.2, 0) is 9.53 Å². The molecule has 2 aliphatic carbocycles. The molecule has 1 N–H and O–H groups in total. The summed E-state index contributed by atoms with van der Waals surface area (Å²) in [7, 11) is 0. The Hall–Kier alpha value is -0.830. The summed E-state index contributed by atoms with van der Waals surface area (Å²) in [6, 6.07) is 0. The Kier molecular flexibility index (Phi) is 2.44. The zero-order valence-electron chi connectivity index (χ0n) is 11.5. The molecule has 18 heavy (non-hydrogen) atoms. The topological polar surface area (TPSA) is 46.5 Å². The molecule has 0 radical (unpaired) electrons. The number of ether oxygens (including phenoxy) is 1. The summed E-state index contributed by atoms with van der Waals surface area (Å²) in [5, 5.41) is 10.8. The van der Waals surface area contributed by atoms with Crippen LogP contribution in [0.2, 0.25) is 0 Å². The molecule has 0 bridgehead atoms. The first-order valence-electron chi connectivity index (χ1n) is 7.01. The molecule has 1 saturated heterocycles. The number of hydrogen-bond acceptors (Lipinski definition) is 3. The van der Waals surface area contributed by atoms with Crippen LogP contribution in [0.3, 0.4) is 0 Å². The van der Waals surface area contributed by atoms with Gasteiger partial charge in [0.2, 0.25) is 0 Å². The number of esters is 1. The number of aliphatic hydroxyl groups is 1. The number of hydrogen-bond donors (Lipinski definition) is 1. The highest BCUT2D eigenvalue weighted by atomic mass is 16.6. The van der Waals surface area contributed by atoms with E-state index in [2.05, 4.69) is 13.8 Å². The van der Waals surface area contributed by atoms with Crippen LogP contribution in [0.15, 0.2) is 11.1 Å². The number of carbonyl (C=O) groups excluding carboxylic acids is 1. The molecule has 0 spiro atoms. The lowest BCUT2D eigenvalue weighted by molar-refractivity contribution is -0.143. The normalized spacial score (nSPS) is 47.7. The third kappa shape index (κ3) is 1.37. The van der Waals surface area contributed by atoms with Crippen LogP contribution in [0.1, 0.15) is 52.9 Å². The first-order chi connectivity index (χ1) is 8.38. The highest BCUT2D eigenvalue weighted by molar-refractivity contribution is 5.77. The Labute approximate surface area is 108 Å². The van der Waals surface area contributed by atoms with E-state index in [4.69, 9.17) is 4.74 Å². The smallest absolute Gasteiger partial charge is 0.312 e. The summed E-state index contributed by atoms with van der Waals surface area (Å²) < 4.78 is 5.54. The molecule has 3 heteroatoms. The number of fused-ring (bicyclic) bond motifs is 3. The monoisotopic (exact) mass is 250 g/mol. The Morgan fingerprint density at radius 3 is 2.78 bits per heavy atom. The second kappa shape index (κ2) is 3.60. The van der Waals surface area contributed by atoms with Crippen molar-refractivity contribution in [3.63, 3.8) is 0 Å². The summed E-state index contributed by atoms with van der Waals surface area (Å²) in [6.07, 6.45) is 4.69. The van der Waals surface area contributed by atoms with E-state index in [1.54, 1.807) is 6.92 Å². The lowest BCUT2D eigenvalue weighted by Gasteiger charge is -2.49. The van der Waals surface area contributed by atoms with Gasteiger partial charge in [0.15, 0.2) is 6.10 Å². The van der Waals surface area contributed by atoms with Crippen molar-refractivity contribution in [1.29, 1.82) is 0 Å². The maximum atomic E-state index is 11.8. The van der Waals surface area contributed by atoms with Crippen molar-refractivity contribution >= 4 is 5.97 Å². The van der Waals surface area contributed by atoms with Gasteiger partial charge in [-0.25, -0.2) is 0 Å². The Balaban J connectivity index is 2.10. The summed E-state index contributed by atoms with van der Waals surface area (Å²) >= 11 is 0. The largest absolute Gasteiger partial charge is 0.454 e. The van der Waals surface area contributed by atoms with E-state index in [1.807, 2.05) is 0 Å². The molecule has 0 aromatic heterocycles. The fourth-order valence-corrected chi connectivity index (χ4v) is 4.21. The summed E-state index contributed by atoms with van der Waals surface area (Å²) in [5.74, 6) is -0.633. The average Bonchev–Trinajstić information content (AvgIpc) is 2.53. The van der Waals surface area contributed by atoms with E-state index < -0.39 is 11.5 Å². The number of carbonyl (C=O) groups is 1. The molecule has 0 aromatic carbocycles. The van der Waals surface area contributed by atoms with Crippen molar-refractivity contribution in [1.82, 2.24) is 0 Å². The van der Waals surface area contributed by atoms with Crippen molar-refractivity contribution in [2.24, 2.45) is 11.3 Å². The quantitative estimate of drug-likeness (QED) is 0.531. The van der Waals surface area contributed by atoms with Crippen LogP contribution in [0.25, 0.3) is 0 Å². The van der Waals surface area contributed by atoms with E-state index in [0.29, 0.717) is 6.42 Å². The predicted octanol–water partition coefficient (Wildman–Crippen LogP) is 2.58. The lowest BCUT2D eigenvalue weighted by atomic mass is 9.58. The maximum absolute atomic E-state index is 11.8. The van der Waals surface area contributed by atoms with Crippen molar-refractivity contribution in [3.8, 4) is 0 Å². The molecule has 0 aromatic rings. The molecule has 1 heterocycles. The second-order valence-corrected chi connectivity index (χ2v) is 6.64.